The van der Waals surface area contributed by atoms with Gasteiger partial charge in [0.2, 0.25) is 5.91 Å². The van der Waals surface area contributed by atoms with Gasteiger partial charge >= 0.3 is 0 Å². The molecule has 1 aromatic carbocycles. The molecule has 4 rings (SSSR count). The molecule has 0 unspecified atom stereocenters. The third kappa shape index (κ3) is 3.80. The number of piperidine rings is 1. The molecule has 0 saturated carbocycles. The number of pyridine rings is 1. The Kier molecular flexibility index (Phi) is 5.06. The number of carbonyl (C=O) groups is 1. The maximum absolute atomic E-state index is 12.8. The number of hydrogen-bond donors (Lipinski definition) is 0. The van der Waals surface area contributed by atoms with Crippen molar-refractivity contribution in [1.82, 2.24) is 9.88 Å². The Labute approximate surface area is 160 Å². The fourth-order valence-corrected chi connectivity index (χ4v) is 4.20. The molecule has 2 aliphatic rings. The van der Waals surface area contributed by atoms with Crippen LogP contribution in [0.15, 0.2) is 42.6 Å². The summed E-state index contributed by atoms with van der Waals surface area (Å²) in [5.41, 5.74) is 4.06. The molecule has 0 aliphatic carbocycles. The van der Waals surface area contributed by atoms with Crippen LogP contribution >= 0.6 is 0 Å². The second-order valence-corrected chi connectivity index (χ2v) is 7.45. The Morgan fingerprint density at radius 2 is 1.89 bits per heavy atom. The molecule has 2 aliphatic heterocycles. The van der Waals surface area contributed by atoms with Crippen molar-refractivity contribution in [3.05, 3.63) is 59.4 Å². The quantitative estimate of drug-likeness (QED) is 0.844. The second-order valence-electron chi connectivity index (χ2n) is 7.45. The summed E-state index contributed by atoms with van der Waals surface area (Å²) < 4.78 is 0. The predicted molar refractivity (Wildman–Crippen MR) is 104 cm³/mol. The average Bonchev–Trinajstić information content (AvgIpc) is 2.74. The summed E-state index contributed by atoms with van der Waals surface area (Å²) in [6.45, 7) is 3.33. The van der Waals surface area contributed by atoms with E-state index in [0.717, 1.165) is 51.1 Å². The first kappa shape index (κ1) is 17.5. The highest BCUT2D eigenvalue weighted by Crippen LogP contribution is 2.28. The Bertz CT molecular complexity index is 865. The van der Waals surface area contributed by atoms with Gasteiger partial charge in [-0.3, -0.25) is 4.79 Å². The number of carbonyl (C=O) groups excluding carboxylic acids is 1. The lowest BCUT2D eigenvalue weighted by Crippen LogP contribution is -2.39. The van der Waals surface area contributed by atoms with Crippen LogP contribution in [0, 0.1) is 17.2 Å². The highest BCUT2D eigenvalue weighted by atomic mass is 16.2. The van der Waals surface area contributed by atoms with Crippen molar-refractivity contribution in [2.45, 2.75) is 32.2 Å². The largest absolute Gasteiger partial charge is 0.369 e. The fourth-order valence-electron chi connectivity index (χ4n) is 4.20. The van der Waals surface area contributed by atoms with Crippen LogP contribution in [0.3, 0.4) is 0 Å². The van der Waals surface area contributed by atoms with Gasteiger partial charge in [0.1, 0.15) is 6.07 Å². The molecule has 0 N–H and O–H groups in total. The molecule has 0 radical (unpaired) electrons. The number of amides is 1. The number of aromatic nitrogens is 1. The van der Waals surface area contributed by atoms with Crippen molar-refractivity contribution in [2.75, 3.05) is 24.5 Å². The van der Waals surface area contributed by atoms with Crippen molar-refractivity contribution in [3.8, 4) is 6.07 Å². The number of hydrogen-bond acceptors (Lipinski definition) is 4. The van der Waals surface area contributed by atoms with Gasteiger partial charge in [-0.2, -0.15) is 5.26 Å². The normalized spacial score (nSPS) is 17.3. The monoisotopic (exact) mass is 360 g/mol. The standard InChI is InChI=1S/C22H24N4O/c23-15-20-21(6-3-10-24-20)25-11-7-17(8-12-25)14-22(27)26-13-9-18-4-1-2-5-19(18)16-26/h1-6,10,17H,7-9,11-14,16H2. The van der Waals surface area contributed by atoms with E-state index in [4.69, 9.17) is 0 Å². The van der Waals surface area contributed by atoms with Gasteiger partial charge in [-0.15, -0.1) is 0 Å². The maximum Gasteiger partial charge on any atom is 0.223 e. The molecule has 3 heterocycles. The third-order valence-electron chi connectivity index (χ3n) is 5.79. The molecule has 27 heavy (non-hydrogen) atoms. The Hall–Kier alpha value is -2.87. The van der Waals surface area contributed by atoms with Crippen molar-refractivity contribution in [3.63, 3.8) is 0 Å². The number of rotatable bonds is 3. The summed E-state index contributed by atoms with van der Waals surface area (Å²) in [6.07, 6.45) is 5.21. The van der Waals surface area contributed by atoms with Crippen molar-refractivity contribution >= 4 is 11.6 Å². The first-order valence-electron chi connectivity index (χ1n) is 9.69. The lowest BCUT2D eigenvalue weighted by atomic mass is 9.91. The number of benzene rings is 1. The average molecular weight is 360 g/mol. The van der Waals surface area contributed by atoms with Crippen LogP contribution in [-0.4, -0.2) is 35.4 Å². The number of nitriles is 1. The summed E-state index contributed by atoms with van der Waals surface area (Å²) in [6, 6.07) is 14.4. The molecule has 2 aromatic rings. The highest BCUT2D eigenvalue weighted by molar-refractivity contribution is 5.77. The third-order valence-corrected chi connectivity index (χ3v) is 5.79. The summed E-state index contributed by atoms with van der Waals surface area (Å²) in [7, 11) is 0. The molecule has 0 bridgehead atoms. The van der Waals surface area contributed by atoms with Gasteiger partial charge < -0.3 is 9.80 Å². The van der Waals surface area contributed by atoms with Crippen LogP contribution in [0.4, 0.5) is 5.69 Å². The number of fused-ring (bicyclic) bond motifs is 1. The van der Waals surface area contributed by atoms with Gasteiger partial charge in [-0.25, -0.2) is 4.98 Å². The summed E-state index contributed by atoms with van der Waals surface area (Å²) in [5.74, 6) is 0.704. The molecular formula is C22H24N4O. The van der Waals surface area contributed by atoms with Crippen LogP contribution in [0.1, 0.15) is 36.1 Å². The van der Waals surface area contributed by atoms with E-state index in [9.17, 15) is 10.1 Å². The van der Waals surface area contributed by atoms with E-state index in [1.807, 2.05) is 17.0 Å². The molecule has 0 spiro atoms. The zero-order chi connectivity index (χ0) is 18.6. The Balaban J connectivity index is 1.32. The van der Waals surface area contributed by atoms with Gasteiger partial charge in [-0.05, 0) is 48.4 Å². The van der Waals surface area contributed by atoms with Crippen LogP contribution in [-0.2, 0) is 17.8 Å². The van der Waals surface area contributed by atoms with E-state index in [-0.39, 0.29) is 5.91 Å². The molecule has 1 saturated heterocycles. The Morgan fingerprint density at radius 1 is 1.11 bits per heavy atom. The molecule has 138 valence electrons. The molecular weight excluding hydrogens is 336 g/mol. The van der Waals surface area contributed by atoms with Crippen LogP contribution in [0.2, 0.25) is 0 Å². The van der Waals surface area contributed by atoms with E-state index in [0.29, 0.717) is 18.0 Å². The lowest BCUT2D eigenvalue weighted by molar-refractivity contribution is -0.133. The van der Waals surface area contributed by atoms with E-state index in [1.54, 1.807) is 6.20 Å². The lowest BCUT2D eigenvalue weighted by Gasteiger charge is -2.35. The van der Waals surface area contributed by atoms with Crippen molar-refractivity contribution in [2.24, 2.45) is 5.92 Å². The van der Waals surface area contributed by atoms with Gasteiger partial charge in [0.05, 0.1) is 5.69 Å². The fraction of sp³-hybridized carbons (Fsp3) is 0.409. The van der Waals surface area contributed by atoms with Crippen molar-refractivity contribution in [1.29, 1.82) is 5.26 Å². The van der Waals surface area contributed by atoms with E-state index in [1.165, 1.54) is 11.1 Å². The predicted octanol–water partition coefficient (Wildman–Crippen LogP) is 3.14. The molecule has 5 nitrogen and oxygen atoms in total. The molecule has 1 aromatic heterocycles. The summed E-state index contributed by atoms with van der Waals surface area (Å²) in [4.78, 5) is 21.2. The molecule has 1 fully saturated rings. The second kappa shape index (κ2) is 7.79. The first-order chi connectivity index (χ1) is 13.2. The van der Waals surface area contributed by atoms with Gasteiger partial charge in [-0.1, -0.05) is 24.3 Å². The van der Waals surface area contributed by atoms with Gasteiger partial charge in [0.25, 0.3) is 0 Å². The first-order valence-corrected chi connectivity index (χ1v) is 9.69. The van der Waals surface area contributed by atoms with Gasteiger partial charge in [0, 0.05) is 38.8 Å². The number of anilines is 1. The van der Waals surface area contributed by atoms with Crippen LogP contribution in [0.5, 0.6) is 0 Å². The van der Waals surface area contributed by atoms with E-state index < -0.39 is 0 Å². The summed E-state index contributed by atoms with van der Waals surface area (Å²) in [5, 5.41) is 9.24. The van der Waals surface area contributed by atoms with Crippen LogP contribution in [0.25, 0.3) is 0 Å². The van der Waals surface area contributed by atoms with E-state index in [2.05, 4.69) is 40.2 Å². The van der Waals surface area contributed by atoms with Crippen LogP contribution < -0.4 is 4.90 Å². The SMILES string of the molecule is N#Cc1ncccc1N1CCC(CC(=O)N2CCc3ccccc3C2)CC1. The topological polar surface area (TPSA) is 60.2 Å². The summed E-state index contributed by atoms with van der Waals surface area (Å²) >= 11 is 0. The van der Waals surface area contributed by atoms with E-state index >= 15 is 0 Å². The molecule has 5 heteroatoms. The minimum absolute atomic E-state index is 0.280. The molecule has 1 amide bonds. The van der Waals surface area contributed by atoms with Gasteiger partial charge in [0.15, 0.2) is 5.69 Å². The Morgan fingerprint density at radius 3 is 2.67 bits per heavy atom. The minimum atomic E-state index is 0.280. The highest BCUT2D eigenvalue weighted by Gasteiger charge is 2.26. The molecule has 0 atom stereocenters. The minimum Gasteiger partial charge on any atom is -0.369 e. The maximum atomic E-state index is 12.8. The smallest absolute Gasteiger partial charge is 0.223 e. The zero-order valence-electron chi connectivity index (χ0n) is 15.5. The zero-order valence-corrected chi connectivity index (χ0v) is 15.5. The number of nitrogens with zero attached hydrogens (tertiary/aromatic N) is 4. The van der Waals surface area contributed by atoms with Crippen molar-refractivity contribution < 1.29 is 4.79 Å².